The predicted octanol–water partition coefficient (Wildman–Crippen LogP) is -0.188. The number of hydroxylamine groups is 1. The van der Waals surface area contributed by atoms with E-state index in [1.54, 1.807) is 0 Å². The van der Waals surface area contributed by atoms with Gasteiger partial charge in [-0.3, -0.25) is 14.4 Å². The van der Waals surface area contributed by atoms with Gasteiger partial charge in [-0.2, -0.15) is 0 Å². The maximum atomic E-state index is 11.7. The van der Waals surface area contributed by atoms with Gasteiger partial charge in [-0.25, -0.2) is 5.48 Å². The van der Waals surface area contributed by atoms with Crippen molar-refractivity contribution in [1.29, 1.82) is 0 Å². The summed E-state index contributed by atoms with van der Waals surface area (Å²) in [7, 11) is 0. The Morgan fingerprint density at radius 3 is 2.44 bits per heavy atom. The van der Waals surface area contributed by atoms with Crippen LogP contribution in [0.25, 0.3) is 0 Å². The van der Waals surface area contributed by atoms with Crippen LogP contribution in [0.15, 0.2) is 0 Å². The van der Waals surface area contributed by atoms with Gasteiger partial charge in [0.25, 0.3) is 0 Å². The van der Waals surface area contributed by atoms with E-state index in [1.807, 2.05) is 0 Å². The van der Waals surface area contributed by atoms with E-state index in [0.717, 1.165) is 11.8 Å². The van der Waals surface area contributed by atoms with Crippen LogP contribution in [0, 0.1) is 29.6 Å². The van der Waals surface area contributed by atoms with Crippen LogP contribution < -0.4 is 11.2 Å². The van der Waals surface area contributed by atoms with Gasteiger partial charge in [-0.15, -0.1) is 0 Å². The van der Waals surface area contributed by atoms with Crippen LogP contribution in [-0.2, 0) is 14.4 Å². The third kappa shape index (κ3) is 1.42. The zero-order valence-electron chi connectivity index (χ0n) is 9.02. The summed E-state index contributed by atoms with van der Waals surface area (Å²) in [5.74, 6) is 2.22. The Morgan fingerprint density at radius 1 is 1.25 bits per heavy atom. The Balaban J connectivity index is 1.49. The third-order valence-corrected chi connectivity index (χ3v) is 4.43. The number of nitrogens with one attached hydrogen (secondary N) is 1. The highest BCUT2D eigenvalue weighted by Crippen LogP contribution is 2.69. The van der Waals surface area contributed by atoms with Crippen molar-refractivity contribution in [3.05, 3.63) is 0 Å². The van der Waals surface area contributed by atoms with E-state index in [0.29, 0.717) is 11.8 Å². The molecule has 3 rings (SSSR count). The Kier molecular flexibility index (Phi) is 2.17. The zero-order valence-corrected chi connectivity index (χ0v) is 9.02. The summed E-state index contributed by atoms with van der Waals surface area (Å²) in [6.45, 7) is -0.249. The molecule has 4 atom stereocenters. The average Bonchev–Trinajstić information content (AvgIpc) is 2.68. The van der Waals surface area contributed by atoms with E-state index in [9.17, 15) is 9.59 Å². The Labute approximate surface area is 93.7 Å². The molecule has 0 aromatic heterocycles. The first-order valence-corrected chi connectivity index (χ1v) is 5.88. The minimum Gasteiger partial charge on any atom is -0.368 e. The van der Waals surface area contributed by atoms with Crippen molar-refractivity contribution in [1.82, 2.24) is 5.48 Å². The Morgan fingerprint density at radius 2 is 1.88 bits per heavy atom. The molecule has 0 heterocycles. The summed E-state index contributed by atoms with van der Waals surface area (Å²) < 4.78 is 0. The lowest BCUT2D eigenvalue weighted by Crippen LogP contribution is -2.31. The summed E-state index contributed by atoms with van der Waals surface area (Å²) in [6.07, 6.45) is 3.90. The van der Waals surface area contributed by atoms with Gasteiger partial charge < -0.3 is 5.73 Å². The van der Waals surface area contributed by atoms with Gasteiger partial charge in [0.2, 0.25) is 11.8 Å². The zero-order chi connectivity index (χ0) is 11.3. The molecule has 3 fully saturated rings. The molecule has 0 aromatic rings. The van der Waals surface area contributed by atoms with Crippen molar-refractivity contribution in [2.75, 3.05) is 6.61 Å². The summed E-state index contributed by atoms with van der Waals surface area (Å²) in [5.41, 5.74) is 7.23. The smallest absolute Gasteiger partial charge is 0.247 e. The van der Waals surface area contributed by atoms with Crippen molar-refractivity contribution in [2.45, 2.75) is 19.3 Å². The monoisotopic (exact) mass is 224 g/mol. The lowest BCUT2D eigenvalue weighted by Gasteiger charge is -2.08. The number of hydrogen-bond acceptors (Lipinski definition) is 3. The molecule has 3 aliphatic rings. The highest BCUT2D eigenvalue weighted by molar-refractivity contribution is 5.82. The van der Waals surface area contributed by atoms with Crippen LogP contribution in [0.5, 0.6) is 0 Å². The quantitative estimate of drug-likeness (QED) is 0.649. The molecule has 4 unspecified atom stereocenters. The Bertz CT molecular complexity index is 328. The van der Waals surface area contributed by atoms with E-state index in [4.69, 9.17) is 10.6 Å². The second-order valence-corrected chi connectivity index (χ2v) is 5.23. The third-order valence-electron chi connectivity index (χ3n) is 4.43. The highest BCUT2D eigenvalue weighted by Gasteiger charge is 2.67. The van der Waals surface area contributed by atoms with Crippen LogP contribution in [-0.4, -0.2) is 18.4 Å². The number of amides is 2. The molecular formula is C11H16N2O3. The van der Waals surface area contributed by atoms with E-state index in [-0.39, 0.29) is 18.4 Å². The maximum absolute atomic E-state index is 11.7. The fourth-order valence-corrected chi connectivity index (χ4v) is 3.92. The van der Waals surface area contributed by atoms with E-state index in [2.05, 4.69) is 5.48 Å². The standard InChI is InChI=1S/C11H16N2O3/c12-7(14)4-16-13-11(15)10-8-5-1-2-6(3-5)9(8)10/h5-6,8-10H,1-4H2,(H2,12,14)(H,13,15). The first kappa shape index (κ1) is 10.1. The fourth-order valence-electron chi connectivity index (χ4n) is 3.92. The van der Waals surface area contributed by atoms with E-state index >= 15 is 0 Å². The minimum absolute atomic E-state index is 0.0622. The molecule has 3 aliphatic carbocycles. The van der Waals surface area contributed by atoms with Crippen molar-refractivity contribution in [3.8, 4) is 0 Å². The van der Waals surface area contributed by atoms with Gasteiger partial charge in [0.05, 0.1) is 0 Å². The molecule has 0 aliphatic heterocycles. The largest absolute Gasteiger partial charge is 0.368 e. The highest BCUT2D eigenvalue weighted by atomic mass is 16.7. The molecule has 5 heteroatoms. The first-order chi connectivity index (χ1) is 7.68. The topological polar surface area (TPSA) is 81.4 Å². The van der Waals surface area contributed by atoms with Crippen LogP contribution in [0.3, 0.4) is 0 Å². The number of hydrogen-bond donors (Lipinski definition) is 2. The van der Waals surface area contributed by atoms with Crippen molar-refractivity contribution < 1.29 is 14.4 Å². The molecule has 0 radical (unpaired) electrons. The lowest BCUT2D eigenvalue weighted by atomic mass is 10.0. The Hall–Kier alpha value is -1.10. The van der Waals surface area contributed by atoms with Gasteiger partial charge in [0.15, 0.2) is 6.61 Å². The second-order valence-electron chi connectivity index (χ2n) is 5.23. The number of carbonyl (C=O) groups is 2. The molecule has 2 amide bonds. The van der Waals surface area contributed by atoms with Crippen LogP contribution in [0.2, 0.25) is 0 Å². The molecule has 3 saturated carbocycles. The molecule has 3 N–H and O–H groups in total. The molecule has 5 nitrogen and oxygen atoms in total. The molecular weight excluding hydrogens is 208 g/mol. The normalized spacial score (nSPS) is 42.9. The van der Waals surface area contributed by atoms with Gasteiger partial charge in [0, 0.05) is 5.92 Å². The van der Waals surface area contributed by atoms with Gasteiger partial charge in [-0.1, -0.05) is 0 Å². The lowest BCUT2D eigenvalue weighted by molar-refractivity contribution is -0.139. The number of rotatable bonds is 4. The van der Waals surface area contributed by atoms with Crippen LogP contribution >= 0.6 is 0 Å². The number of nitrogens with two attached hydrogens (primary N) is 1. The molecule has 0 saturated heterocycles. The van der Waals surface area contributed by atoms with Gasteiger partial charge >= 0.3 is 0 Å². The summed E-state index contributed by atoms with van der Waals surface area (Å²) in [5, 5.41) is 0. The first-order valence-electron chi connectivity index (χ1n) is 5.88. The van der Waals surface area contributed by atoms with Gasteiger partial charge in [0.1, 0.15) is 0 Å². The second kappa shape index (κ2) is 3.45. The summed E-state index contributed by atoms with van der Waals surface area (Å²) in [6, 6.07) is 0. The van der Waals surface area contributed by atoms with Crippen LogP contribution in [0.4, 0.5) is 0 Å². The SMILES string of the molecule is NC(=O)CONC(=O)C1C2C3CCC(C3)C12. The summed E-state index contributed by atoms with van der Waals surface area (Å²) in [4.78, 5) is 26.9. The molecule has 0 aromatic carbocycles. The number of carbonyl (C=O) groups excluding carboxylic acids is 2. The number of fused-ring (bicyclic) bond motifs is 5. The maximum Gasteiger partial charge on any atom is 0.247 e. The number of primary amides is 1. The molecule has 0 spiro atoms. The van der Waals surface area contributed by atoms with E-state index in [1.165, 1.54) is 19.3 Å². The van der Waals surface area contributed by atoms with Crippen molar-refractivity contribution >= 4 is 11.8 Å². The average molecular weight is 224 g/mol. The molecule has 88 valence electrons. The van der Waals surface area contributed by atoms with E-state index < -0.39 is 5.91 Å². The minimum atomic E-state index is -0.573. The molecule has 16 heavy (non-hydrogen) atoms. The van der Waals surface area contributed by atoms with Crippen LogP contribution in [0.1, 0.15) is 19.3 Å². The molecule has 2 bridgehead atoms. The van der Waals surface area contributed by atoms with Gasteiger partial charge in [-0.05, 0) is 42.9 Å². The van der Waals surface area contributed by atoms with Crippen molar-refractivity contribution in [2.24, 2.45) is 35.3 Å². The fraction of sp³-hybridized carbons (Fsp3) is 0.818. The van der Waals surface area contributed by atoms with Crippen molar-refractivity contribution in [3.63, 3.8) is 0 Å². The summed E-state index contributed by atoms with van der Waals surface area (Å²) >= 11 is 0. The predicted molar refractivity (Wildman–Crippen MR) is 54.6 cm³/mol.